The third kappa shape index (κ3) is 3.71. The minimum atomic E-state index is -3.74. The maximum atomic E-state index is 11.5. The molecule has 4 nitrogen and oxygen atoms in total. The molecule has 0 aliphatic rings. The summed E-state index contributed by atoms with van der Waals surface area (Å²) in [5, 5.41) is 2.78. The van der Waals surface area contributed by atoms with Crippen LogP contribution in [0, 0.1) is 13.8 Å². The van der Waals surface area contributed by atoms with Gasteiger partial charge in [-0.3, -0.25) is 4.79 Å². The van der Waals surface area contributed by atoms with Gasteiger partial charge >= 0.3 is 0 Å². The Labute approximate surface area is 112 Å². The number of amides is 1. The summed E-state index contributed by atoms with van der Waals surface area (Å²) in [5.74, 6) is -0.0785. The van der Waals surface area contributed by atoms with E-state index in [9.17, 15) is 13.2 Å². The fraction of sp³-hybridized carbons (Fsp3) is 0.417. The van der Waals surface area contributed by atoms with Crippen molar-refractivity contribution in [3.63, 3.8) is 0 Å². The molecule has 0 fully saturated rings. The van der Waals surface area contributed by atoms with Crippen LogP contribution in [0.15, 0.2) is 17.0 Å². The van der Waals surface area contributed by atoms with E-state index in [4.69, 9.17) is 10.7 Å². The van der Waals surface area contributed by atoms with Gasteiger partial charge in [-0.25, -0.2) is 8.42 Å². The number of hydrogen-bond acceptors (Lipinski definition) is 3. The Hall–Kier alpha value is -1.07. The summed E-state index contributed by atoms with van der Waals surface area (Å²) in [6.45, 7) is 5.39. The summed E-state index contributed by atoms with van der Waals surface area (Å²) in [5.41, 5.74) is 2.01. The first-order valence-electron chi connectivity index (χ1n) is 5.61. The Morgan fingerprint density at radius 1 is 1.28 bits per heavy atom. The standard InChI is InChI=1S/C12H16ClNO3S/c1-4-5-11(15)14-12-8(2)6-10(7-9(12)3)18(13,16)17/h6-7H,4-5H2,1-3H3,(H,14,15). The van der Waals surface area contributed by atoms with Crippen molar-refractivity contribution in [3.05, 3.63) is 23.3 Å². The molecule has 0 atom stereocenters. The van der Waals surface area contributed by atoms with Crippen LogP contribution < -0.4 is 5.32 Å². The van der Waals surface area contributed by atoms with E-state index in [1.165, 1.54) is 12.1 Å². The molecule has 0 spiro atoms. The largest absolute Gasteiger partial charge is 0.326 e. The van der Waals surface area contributed by atoms with Crippen LogP contribution in [-0.4, -0.2) is 14.3 Å². The first-order valence-corrected chi connectivity index (χ1v) is 7.92. The number of nitrogens with one attached hydrogen (secondary N) is 1. The number of carbonyl (C=O) groups excluding carboxylic acids is 1. The Morgan fingerprint density at radius 3 is 2.17 bits per heavy atom. The molecule has 0 radical (unpaired) electrons. The lowest BCUT2D eigenvalue weighted by molar-refractivity contribution is -0.116. The highest BCUT2D eigenvalue weighted by Gasteiger charge is 2.15. The van der Waals surface area contributed by atoms with Crippen molar-refractivity contribution in [2.24, 2.45) is 0 Å². The second-order valence-corrected chi connectivity index (χ2v) is 6.73. The van der Waals surface area contributed by atoms with Crippen LogP contribution in [0.2, 0.25) is 0 Å². The van der Waals surface area contributed by atoms with Crippen LogP contribution >= 0.6 is 10.7 Å². The third-order valence-electron chi connectivity index (χ3n) is 2.53. The lowest BCUT2D eigenvalue weighted by atomic mass is 10.1. The molecule has 18 heavy (non-hydrogen) atoms. The van der Waals surface area contributed by atoms with E-state index in [2.05, 4.69) is 5.32 Å². The predicted octanol–water partition coefficient (Wildman–Crippen LogP) is 2.97. The number of benzene rings is 1. The Kier molecular flexibility index (Phi) is 4.76. The van der Waals surface area contributed by atoms with Crippen molar-refractivity contribution in [2.75, 3.05) is 5.32 Å². The topological polar surface area (TPSA) is 63.2 Å². The van der Waals surface area contributed by atoms with Crippen molar-refractivity contribution in [3.8, 4) is 0 Å². The Morgan fingerprint density at radius 2 is 1.78 bits per heavy atom. The molecule has 0 bridgehead atoms. The first-order chi connectivity index (χ1) is 8.25. The quantitative estimate of drug-likeness (QED) is 0.867. The fourth-order valence-electron chi connectivity index (χ4n) is 1.69. The second kappa shape index (κ2) is 5.71. The maximum Gasteiger partial charge on any atom is 0.261 e. The fourth-order valence-corrected chi connectivity index (χ4v) is 2.59. The third-order valence-corrected chi connectivity index (χ3v) is 3.86. The van der Waals surface area contributed by atoms with Crippen molar-refractivity contribution >= 4 is 31.3 Å². The smallest absolute Gasteiger partial charge is 0.261 e. The van der Waals surface area contributed by atoms with E-state index in [1.54, 1.807) is 13.8 Å². The van der Waals surface area contributed by atoms with Gasteiger partial charge in [0, 0.05) is 22.8 Å². The average Bonchev–Trinajstić information content (AvgIpc) is 2.22. The number of carbonyl (C=O) groups is 1. The zero-order valence-electron chi connectivity index (χ0n) is 10.6. The Balaban J connectivity index is 3.13. The Bertz CT molecular complexity index is 544. The molecule has 1 aromatic carbocycles. The van der Waals surface area contributed by atoms with E-state index >= 15 is 0 Å². The van der Waals surface area contributed by atoms with Crippen LogP contribution in [0.25, 0.3) is 0 Å². The van der Waals surface area contributed by atoms with Gasteiger partial charge < -0.3 is 5.32 Å². The molecule has 1 N–H and O–H groups in total. The van der Waals surface area contributed by atoms with Crippen molar-refractivity contribution in [2.45, 2.75) is 38.5 Å². The highest BCUT2D eigenvalue weighted by Crippen LogP contribution is 2.26. The summed E-state index contributed by atoms with van der Waals surface area (Å²) >= 11 is 0. The molecule has 1 amide bonds. The van der Waals surface area contributed by atoms with Crippen LogP contribution in [0.5, 0.6) is 0 Å². The summed E-state index contributed by atoms with van der Waals surface area (Å²) < 4.78 is 22.5. The summed E-state index contributed by atoms with van der Waals surface area (Å²) in [6, 6.07) is 2.91. The molecule has 0 saturated carbocycles. The molecule has 1 aromatic rings. The lowest BCUT2D eigenvalue weighted by Gasteiger charge is -2.12. The number of rotatable bonds is 4. The average molecular weight is 290 g/mol. The zero-order chi connectivity index (χ0) is 13.9. The van der Waals surface area contributed by atoms with E-state index in [1.807, 2.05) is 6.92 Å². The van der Waals surface area contributed by atoms with Gasteiger partial charge in [-0.2, -0.15) is 0 Å². The van der Waals surface area contributed by atoms with Gasteiger partial charge in [0.25, 0.3) is 9.05 Å². The first kappa shape index (κ1) is 15.0. The van der Waals surface area contributed by atoms with Crippen molar-refractivity contribution in [1.29, 1.82) is 0 Å². The number of anilines is 1. The molecule has 0 aliphatic heterocycles. The SMILES string of the molecule is CCCC(=O)Nc1c(C)cc(S(=O)(=O)Cl)cc1C. The molecule has 0 aromatic heterocycles. The van der Waals surface area contributed by atoms with E-state index < -0.39 is 9.05 Å². The van der Waals surface area contributed by atoms with Crippen molar-refractivity contribution < 1.29 is 13.2 Å². The highest BCUT2D eigenvalue weighted by atomic mass is 35.7. The van der Waals surface area contributed by atoms with Gasteiger partial charge in [0.1, 0.15) is 0 Å². The molecule has 0 aliphatic carbocycles. The zero-order valence-corrected chi connectivity index (χ0v) is 12.2. The van der Waals surface area contributed by atoms with Gasteiger partial charge in [0.15, 0.2) is 0 Å². The molecule has 0 heterocycles. The van der Waals surface area contributed by atoms with Crippen LogP contribution in [0.1, 0.15) is 30.9 Å². The van der Waals surface area contributed by atoms with E-state index in [0.717, 1.165) is 6.42 Å². The maximum absolute atomic E-state index is 11.5. The van der Waals surface area contributed by atoms with Gasteiger partial charge in [-0.05, 0) is 43.5 Å². The molecule has 0 saturated heterocycles. The summed E-state index contributed by atoms with van der Waals surface area (Å²) in [4.78, 5) is 11.6. The minimum Gasteiger partial charge on any atom is -0.326 e. The monoisotopic (exact) mass is 289 g/mol. The predicted molar refractivity (Wildman–Crippen MR) is 72.5 cm³/mol. The number of hydrogen-bond donors (Lipinski definition) is 1. The molecule has 100 valence electrons. The number of halogens is 1. The van der Waals surface area contributed by atoms with Crippen LogP contribution in [-0.2, 0) is 13.8 Å². The van der Waals surface area contributed by atoms with Gasteiger partial charge in [0.05, 0.1) is 4.90 Å². The van der Waals surface area contributed by atoms with Gasteiger partial charge in [0.2, 0.25) is 5.91 Å². The van der Waals surface area contributed by atoms with Gasteiger partial charge in [-0.1, -0.05) is 6.92 Å². The molecular weight excluding hydrogens is 274 g/mol. The molecular formula is C12H16ClNO3S. The second-order valence-electron chi connectivity index (χ2n) is 4.17. The molecule has 6 heteroatoms. The molecule has 1 rings (SSSR count). The van der Waals surface area contributed by atoms with E-state index in [-0.39, 0.29) is 10.8 Å². The van der Waals surface area contributed by atoms with E-state index in [0.29, 0.717) is 23.2 Å². The highest BCUT2D eigenvalue weighted by molar-refractivity contribution is 8.13. The van der Waals surface area contributed by atoms with Crippen molar-refractivity contribution in [1.82, 2.24) is 0 Å². The van der Waals surface area contributed by atoms with Gasteiger partial charge in [-0.15, -0.1) is 0 Å². The van der Waals surface area contributed by atoms with Crippen LogP contribution in [0.3, 0.4) is 0 Å². The lowest BCUT2D eigenvalue weighted by Crippen LogP contribution is -2.13. The van der Waals surface area contributed by atoms with Crippen LogP contribution in [0.4, 0.5) is 5.69 Å². The normalized spacial score (nSPS) is 11.3. The summed E-state index contributed by atoms with van der Waals surface area (Å²) in [6.07, 6.45) is 1.20. The minimum absolute atomic E-state index is 0.0488. The number of aryl methyl sites for hydroxylation is 2. The molecule has 0 unspecified atom stereocenters. The summed E-state index contributed by atoms with van der Waals surface area (Å²) in [7, 11) is 1.55.